The predicted octanol–water partition coefficient (Wildman–Crippen LogP) is 5.36. The van der Waals surface area contributed by atoms with Gasteiger partial charge in [0.15, 0.2) is 0 Å². The minimum Gasteiger partial charge on any atom is -0.508 e. The third-order valence-electron chi connectivity index (χ3n) is 6.42. The van der Waals surface area contributed by atoms with Gasteiger partial charge < -0.3 is 24.8 Å². The first-order chi connectivity index (χ1) is 14.0. The fourth-order valence-electron chi connectivity index (χ4n) is 3.75. The van der Waals surface area contributed by atoms with Crippen LogP contribution < -0.4 is 14.7 Å². The van der Waals surface area contributed by atoms with Crippen molar-refractivity contribution in [2.75, 3.05) is 14.2 Å². The molecule has 0 spiro atoms. The maximum absolute atomic E-state index is 11.1. The Labute approximate surface area is 178 Å². The molecule has 3 aromatic carbocycles. The number of hydrogen-bond donors (Lipinski definition) is 3. The van der Waals surface area contributed by atoms with Crippen molar-refractivity contribution in [1.82, 2.24) is 0 Å². The number of fused-ring (bicyclic) bond motifs is 1. The summed E-state index contributed by atoms with van der Waals surface area (Å²) in [7, 11) is 0.919. The standard InChI is InChI=1S/C24H30O5Si/c1-24(2,3)30(6,7)23-18(26)12-11-14(22(23)29-5)16-13-19(28-4)20-15(21(16)27)9-8-10-17(20)25/h8-13,25-27H,1-7H3. The number of phenolic OH excluding ortho intramolecular Hbond substituents is 3. The largest absolute Gasteiger partial charge is 0.508 e. The van der Waals surface area contributed by atoms with Crippen molar-refractivity contribution in [2.24, 2.45) is 0 Å². The van der Waals surface area contributed by atoms with Gasteiger partial charge in [-0.05, 0) is 29.3 Å². The molecule has 0 aromatic heterocycles. The maximum atomic E-state index is 11.1. The lowest BCUT2D eigenvalue weighted by Gasteiger charge is -2.38. The molecule has 0 saturated carbocycles. The summed E-state index contributed by atoms with van der Waals surface area (Å²) in [4.78, 5) is 0. The van der Waals surface area contributed by atoms with Crippen LogP contribution in [0.15, 0.2) is 36.4 Å². The van der Waals surface area contributed by atoms with Crippen LogP contribution in [0.2, 0.25) is 18.1 Å². The summed E-state index contributed by atoms with van der Waals surface area (Å²) in [6.45, 7) is 10.9. The number of rotatable bonds is 4. The van der Waals surface area contributed by atoms with Gasteiger partial charge in [-0.2, -0.15) is 0 Å². The van der Waals surface area contributed by atoms with Crippen LogP contribution in [0.25, 0.3) is 21.9 Å². The predicted molar refractivity (Wildman–Crippen MR) is 124 cm³/mol. The molecule has 6 heteroatoms. The van der Waals surface area contributed by atoms with Crippen LogP contribution in [-0.4, -0.2) is 37.6 Å². The fraction of sp³-hybridized carbons (Fsp3) is 0.333. The molecule has 0 fully saturated rings. The van der Waals surface area contributed by atoms with Crippen molar-refractivity contribution in [3.8, 4) is 39.9 Å². The highest BCUT2D eigenvalue weighted by atomic mass is 28.3. The summed E-state index contributed by atoms with van der Waals surface area (Å²) < 4.78 is 11.4. The third kappa shape index (κ3) is 3.25. The van der Waals surface area contributed by atoms with Gasteiger partial charge >= 0.3 is 0 Å². The van der Waals surface area contributed by atoms with Crippen LogP contribution in [0.1, 0.15) is 20.8 Å². The molecule has 160 valence electrons. The summed E-state index contributed by atoms with van der Waals surface area (Å²) >= 11 is 0. The van der Waals surface area contributed by atoms with E-state index in [1.165, 1.54) is 7.11 Å². The van der Waals surface area contributed by atoms with Crippen molar-refractivity contribution in [3.63, 3.8) is 0 Å². The first-order valence-corrected chi connectivity index (χ1v) is 12.9. The number of methoxy groups -OCH3 is 2. The molecule has 0 atom stereocenters. The normalized spacial score (nSPS) is 12.2. The first kappa shape index (κ1) is 21.8. The molecule has 3 rings (SSSR count). The Morgan fingerprint density at radius 1 is 0.833 bits per heavy atom. The van der Waals surface area contributed by atoms with E-state index in [2.05, 4.69) is 33.9 Å². The molecule has 0 aliphatic rings. The summed E-state index contributed by atoms with van der Waals surface area (Å²) in [6.07, 6.45) is 0. The van der Waals surface area contributed by atoms with Crippen LogP contribution in [0.5, 0.6) is 28.7 Å². The average molecular weight is 427 g/mol. The molecule has 5 nitrogen and oxygen atoms in total. The van der Waals surface area contributed by atoms with E-state index in [0.29, 0.717) is 33.4 Å². The van der Waals surface area contributed by atoms with E-state index in [-0.39, 0.29) is 22.3 Å². The number of aromatic hydroxyl groups is 3. The Morgan fingerprint density at radius 2 is 1.50 bits per heavy atom. The first-order valence-electron chi connectivity index (χ1n) is 9.88. The average Bonchev–Trinajstić information content (AvgIpc) is 2.67. The number of ether oxygens (including phenoxy) is 2. The van der Waals surface area contributed by atoms with Crippen molar-refractivity contribution < 1.29 is 24.8 Å². The molecule has 0 unspecified atom stereocenters. The highest BCUT2D eigenvalue weighted by Gasteiger charge is 2.42. The van der Waals surface area contributed by atoms with Crippen LogP contribution in [0.4, 0.5) is 0 Å². The SMILES string of the molecule is COc1c(-c2cc(OC)c3c(O)cccc3c2O)ccc(O)c1[Si](C)(C)C(C)(C)C. The van der Waals surface area contributed by atoms with Gasteiger partial charge in [0.25, 0.3) is 0 Å². The highest BCUT2D eigenvalue weighted by molar-refractivity contribution is 6.93. The van der Waals surface area contributed by atoms with Crippen LogP contribution in [-0.2, 0) is 0 Å². The maximum Gasteiger partial charge on any atom is 0.131 e. The van der Waals surface area contributed by atoms with Crippen molar-refractivity contribution in [1.29, 1.82) is 0 Å². The lowest BCUT2D eigenvalue weighted by atomic mass is 9.97. The summed E-state index contributed by atoms with van der Waals surface area (Å²) in [5.74, 6) is 1.25. The molecule has 0 heterocycles. The van der Waals surface area contributed by atoms with Gasteiger partial charge in [0.2, 0.25) is 0 Å². The van der Waals surface area contributed by atoms with Gasteiger partial charge in [-0.25, -0.2) is 0 Å². The van der Waals surface area contributed by atoms with Gasteiger partial charge in [0.1, 0.15) is 28.7 Å². The van der Waals surface area contributed by atoms with Crippen molar-refractivity contribution in [2.45, 2.75) is 38.9 Å². The van der Waals surface area contributed by atoms with E-state index < -0.39 is 8.07 Å². The molecule has 0 amide bonds. The highest BCUT2D eigenvalue weighted by Crippen LogP contribution is 2.48. The number of benzene rings is 3. The molecule has 3 aromatic rings. The monoisotopic (exact) mass is 426 g/mol. The zero-order chi connectivity index (χ0) is 22.4. The third-order valence-corrected chi connectivity index (χ3v) is 11.9. The van der Waals surface area contributed by atoms with Gasteiger partial charge in [-0.15, -0.1) is 0 Å². The van der Waals surface area contributed by atoms with Gasteiger partial charge in [-0.3, -0.25) is 0 Å². The van der Waals surface area contributed by atoms with Crippen LogP contribution in [0.3, 0.4) is 0 Å². The van der Waals surface area contributed by atoms with E-state index >= 15 is 0 Å². The second-order valence-corrected chi connectivity index (χ2v) is 14.3. The Morgan fingerprint density at radius 3 is 2.07 bits per heavy atom. The van der Waals surface area contributed by atoms with E-state index in [0.717, 1.165) is 5.19 Å². The molecule has 30 heavy (non-hydrogen) atoms. The van der Waals surface area contributed by atoms with Gasteiger partial charge in [-0.1, -0.05) is 46.0 Å². The Balaban J connectivity index is 2.42. The molecular weight excluding hydrogens is 396 g/mol. The number of phenols is 3. The van der Waals surface area contributed by atoms with E-state index in [9.17, 15) is 15.3 Å². The van der Waals surface area contributed by atoms with Crippen LogP contribution in [0, 0.1) is 0 Å². The molecule has 0 aliphatic heterocycles. The molecule has 0 bridgehead atoms. The smallest absolute Gasteiger partial charge is 0.131 e. The lowest BCUT2D eigenvalue weighted by Crippen LogP contribution is -2.50. The van der Waals surface area contributed by atoms with Crippen molar-refractivity contribution >= 4 is 24.0 Å². The van der Waals surface area contributed by atoms with Crippen molar-refractivity contribution in [3.05, 3.63) is 36.4 Å². The zero-order valence-electron chi connectivity index (χ0n) is 18.6. The summed E-state index contributed by atoms with van der Waals surface area (Å²) in [5, 5.41) is 33.9. The Kier molecular flexibility index (Phi) is 5.41. The van der Waals surface area contributed by atoms with Gasteiger partial charge in [0.05, 0.1) is 27.7 Å². The van der Waals surface area contributed by atoms with E-state index in [1.54, 1.807) is 43.5 Å². The molecule has 0 radical (unpaired) electrons. The summed E-state index contributed by atoms with van der Waals surface area (Å²) in [5.41, 5.74) is 1.18. The van der Waals surface area contributed by atoms with Gasteiger partial charge in [0, 0.05) is 21.7 Å². The minimum absolute atomic E-state index is 0.0203. The minimum atomic E-state index is -2.19. The molecule has 0 saturated heterocycles. The topological polar surface area (TPSA) is 79.2 Å². The zero-order valence-corrected chi connectivity index (χ0v) is 19.6. The summed E-state index contributed by atoms with van der Waals surface area (Å²) in [6, 6.07) is 10.1. The fourth-order valence-corrected chi connectivity index (χ4v) is 6.03. The second-order valence-electron chi connectivity index (χ2n) is 9.09. The van der Waals surface area contributed by atoms with E-state index in [4.69, 9.17) is 9.47 Å². The van der Waals surface area contributed by atoms with Crippen LogP contribution >= 0.6 is 0 Å². The van der Waals surface area contributed by atoms with E-state index in [1.807, 2.05) is 0 Å². The molecule has 0 aliphatic carbocycles. The Hall–Kier alpha value is -2.86. The molecule has 3 N–H and O–H groups in total. The number of hydrogen-bond acceptors (Lipinski definition) is 5. The Bertz CT molecular complexity index is 1110. The second kappa shape index (κ2) is 7.43. The lowest BCUT2D eigenvalue weighted by molar-refractivity contribution is 0.411. The quantitative estimate of drug-likeness (QED) is 0.490. The molecular formula is C24H30O5Si.